The lowest BCUT2D eigenvalue weighted by molar-refractivity contribution is -0.250. The van der Waals surface area contributed by atoms with E-state index in [2.05, 4.69) is 0 Å². The normalized spacial score (nSPS) is 30.8. The van der Waals surface area contributed by atoms with E-state index in [0.717, 1.165) is 0 Å². The molecule has 1 amide bonds. The number of aliphatic hydroxyl groups is 1. The fraction of sp³-hybridized carbons (Fsp3) is 0.850. The number of rotatable bonds is 2. The minimum absolute atomic E-state index is 0.0161. The van der Waals surface area contributed by atoms with Crippen molar-refractivity contribution in [2.24, 2.45) is 10.8 Å². The van der Waals surface area contributed by atoms with Gasteiger partial charge in [-0.05, 0) is 40.5 Å². The molecule has 1 aliphatic carbocycles. The van der Waals surface area contributed by atoms with E-state index in [0.29, 0.717) is 18.4 Å². The van der Waals surface area contributed by atoms with Crippen LogP contribution in [0.1, 0.15) is 68.2 Å². The van der Waals surface area contributed by atoms with Crippen LogP contribution in [0.5, 0.6) is 0 Å². The Labute approximate surface area is 152 Å². The fourth-order valence-electron chi connectivity index (χ4n) is 4.90. The molecular formula is C20H36N2O3. The molecular weight excluding hydrogens is 316 g/mol. The fourth-order valence-corrected chi connectivity index (χ4v) is 4.90. The lowest BCUT2D eigenvalue weighted by Crippen LogP contribution is -2.63. The summed E-state index contributed by atoms with van der Waals surface area (Å²) in [6.07, 6.45) is 2.76. The molecule has 1 unspecified atom stereocenters. The van der Waals surface area contributed by atoms with Gasteiger partial charge in [0.15, 0.2) is 0 Å². The number of nitrogens with zero attached hydrogens (tertiary/aromatic N) is 2. The highest BCUT2D eigenvalue weighted by Crippen LogP contribution is 2.49. The number of aliphatic hydroxyl groups excluding tert-OH is 1. The van der Waals surface area contributed by atoms with Crippen molar-refractivity contribution in [3.8, 4) is 0 Å². The summed E-state index contributed by atoms with van der Waals surface area (Å²) < 4.78 is 0. The highest BCUT2D eigenvalue weighted by Gasteiger charge is 2.52. The molecule has 5 heteroatoms. The second kappa shape index (κ2) is 5.80. The van der Waals surface area contributed by atoms with Gasteiger partial charge in [0.2, 0.25) is 5.91 Å². The lowest BCUT2D eigenvalue weighted by Gasteiger charge is -2.53. The van der Waals surface area contributed by atoms with E-state index in [-0.39, 0.29) is 11.9 Å². The van der Waals surface area contributed by atoms with Crippen LogP contribution in [0.4, 0.5) is 0 Å². The standard InChI is InChI=1S/C20H36N2O3/c1-17(2)12-14(20(7,8)16(17)24)15(23)21(9)13-10-18(3,4)22(25)19(5,6)11-13/h12-13,16,24-25H,10-11H2,1-9H3. The Bertz CT molecular complexity index is 572. The van der Waals surface area contributed by atoms with Crippen molar-refractivity contribution in [1.82, 2.24) is 9.96 Å². The van der Waals surface area contributed by atoms with Crippen LogP contribution in [0.25, 0.3) is 0 Å². The van der Waals surface area contributed by atoms with Crippen molar-refractivity contribution in [2.45, 2.75) is 91.5 Å². The van der Waals surface area contributed by atoms with Gasteiger partial charge in [-0.3, -0.25) is 4.79 Å². The monoisotopic (exact) mass is 352 g/mol. The van der Waals surface area contributed by atoms with Crippen LogP contribution in [0.15, 0.2) is 11.6 Å². The molecule has 2 aliphatic rings. The summed E-state index contributed by atoms with van der Waals surface area (Å²) in [5.74, 6) is -0.0161. The minimum Gasteiger partial charge on any atom is -0.391 e. The van der Waals surface area contributed by atoms with Gasteiger partial charge in [0.25, 0.3) is 0 Å². The molecule has 2 N–H and O–H groups in total. The van der Waals surface area contributed by atoms with Crippen molar-refractivity contribution < 1.29 is 15.1 Å². The zero-order chi connectivity index (χ0) is 19.6. The van der Waals surface area contributed by atoms with E-state index in [1.54, 1.807) is 0 Å². The molecule has 0 aromatic carbocycles. The Morgan fingerprint density at radius 3 is 1.88 bits per heavy atom. The Morgan fingerprint density at radius 1 is 1.08 bits per heavy atom. The molecule has 1 saturated heterocycles. The first kappa shape index (κ1) is 20.4. The minimum atomic E-state index is -0.584. The van der Waals surface area contributed by atoms with Crippen molar-refractivity contribution in [1.29, 1.82) is 0 Å². The molecule has 25 heavy (non-hydrogen) atoms. The van der Waals surface area contributed by atoms with Crippen molar-refractivity contribution in [3.63, 3.8) is 0 Å². The third kappa shape index (κ3) is 3.26. The highest BCUT2D eigenvalue weighted by atomic mass is 16.5. The first-order valence-corrected chi connectivity index (χ1v) is 9.22. The van der Waals surface area contributed by atoms with Gasteiger partial charge >= 0.3 is 0 Å². The number of hydrogen-bond donors (Lipinski definition) is 2. The van der Waals surface area contributed by atoms with E-state index >= 15 is 0 Å². The van der Waals surface area contributed by atoms with Gasteiger partial charge in [-0.25, -0.2) is 0 Å². The number of likely N-dealkylation sites (N-methyl/N-ethyl adjacent to an activating group) is 1. The SMILES string of the molecule is CN(C(=O)C1=CC(C)(C)C(O)C1(C)C)C1CC(C)(C)N(O)C(C)(C)C1. The second-order valence-corrected chi connectivity index (χ2v) is 10.4. The molecule has 0 aromatic heterocycles. The lowest BCUT2D eigenvalue weighted by atomic mass is 9.76. The molecule has 2 rings (SSSR count). The average Bonchev–Trinajstić information content (AvgIpc) is 2.62. The molecule has 144 valence electrons. The number of hydrogen-bond acceptors (Lipinski definition) is 4. The molecule has 1 heterocycles. The average molecular weight is 353 g/mol. The Hall–Kier alpha value is -0.910. The van der Waals surface area contributed by atoms with E-state index < -0.39 is 28.0 Å². The Morgan fingerprint density at radius 2 is 1.52 bits per heavy atom. The van der Waals surface area contributed by atoms with E-state index in [1.807, 2.05) is 73.4 Å². The molecule has 0 radical (unpaired) electrons. The Balaban J connectivity index is 2.29. The number of piperidine rings is 1. The largest absolute Gasteiger partial charge is 0.391 e. The van der Waals surface area contributed by atoms with Crippen LogP contribution in [-0.4, -0.2) is 56.5 Å². The summed E-state index contributed by atoms with van der Waals surface area (Å²) in [6.45, 7) is 15.8. The van der Waals surface area contributed by atoms with Crippen LogP contribution >= 0.6 is 0 Å². The number of carbonyl (C=O) groups excluding carboxylic acids is 1. The predicted octanol–water partition coefficient (Wildman–Crippen LogP) is 3.21. The molecule has 5 nitrogen and oxygen atoms in total. The summed E-state index contributed by atoms with van der Waals surface area (Å²) in [5, 5.41) is 22.6. The maximum absolute atomic E-state index is 13.3. The zero-order valence-corrected chi connectivity index (χ0v) is 17.3. The summed E-state index contributed by atoms with van der Waals surface area (Å²) >= 11 is 0. The first-order chi connectivity index (χ1) is 11.0. The molecule has 1 fully saturated rings. The van der Waals surface area contributed by atoms with E-state index in [1.165, 1.54) is 5.06 Å². The van der Waals surface area contributed by atoms with Gasteiger partial charge in [0.05, 0.1) is 6.10 Å². The molecule has 0 aromatic rings. The van der Waals surface area contributed by atoms with Gasteiger partial charge < -0.3 is 15.2 Å². The summed E-state index contributed by atoms with van der Waals surface area (Å²) in [6, 6.07) is 0.0402. The van der Waals surface area contributed by atoms with Crippen LogP contribution in [-0.2, 0) is 4.79 Å². The highest BCUT2D eigenvalue weighted by molar-refractivity contribution is 5.95. The second-order valence-electron chi connectivity index (χ2n) is 10.4. The van der Waals surface area contributed by atoms with Crippen LogP contribution in [0.3, 0.4) is 0 Å². The molecule has 1 atom stereocenters. The smallest absolute Gasteiger partial charge is 0.250 e. The van der Waals surface area contributed by atoms with Crippen molar-refractivity contribution in [2.75, 3.05) is 7.05 Å². The van der Waals surface area contributed by atoms with Gasteiger partial charge in [-0.2, -0.15) is 5.06 Å². The number of hydroxylamine groups is 2. The van der Waals surface area contributed by atoms with Gasteiger partial charge in [0, 0.05) is 40.6 Å². The third-order valence-electron chi connectivity index (χ3n) is 6.31. The van der Waals surface area contributed by atoms with Crippen LogP contribution in [0.2, 0.25) is 0 Å². The van der Waals surface area contributed by atoms with Crippen LogP contribution < -0.4 is 0 Å². The quantitative estimate of drug-likeness (QED) is 0.801. The summed E-state index contributed by atoms with van der Waals surface area (Å²) in [5.41, 5.74) is -1.10. The van der Waals surface area contributed by atoms with Gasteiger partial charge in [-0.15, -0.1) is 0 Å². The van der Waals surface area contributed by atoms with Crippen molar-refractivity contribution in [3.05, 3.63) is 11.6 Å². The van der Waals surface area contributed by atoms with Gasteiger partial charge in [0.1, 0.15) is 0 Å². The number of amides is 1. The molecule has 0 saturated carbocycles. The van der Waals surface area contributed by atoms with E-state index in [4.69, 9.17) is 0 Å². The summed E-state index contributed by atoms with van der Waals surface area (Å²) in [7, 11) is 1.85. The number of carbonyl (C=O) groups is 1. The Kier molecular flexibility index (Phi) is 4.73. The maximum Gasteiger partial charge on any atom is 0.250 e. The third-order valence-corrected chi connectivity index (χ3v) is 6.31. The van der Waals surface area contributed by atoms with Crippen molar-refractivity contribution >= 4 is 5.91 Å². The first-order valence-electron chi connectivity index (χ1n) is 9.22. The molecule has 0 spiro atoms. The zero-order valence-electron chi connectivity index (χ0n) is 17.3. The summed E-state index contributed by atoms with van der Waals surface area (Å²) in [4.78, 5) is 15.1. The predicted molar refractivity (Wildman–Crippen MR) is 99.2 cm³/mol. The molecule has 0 bridgehead atoms. The van der Waals surface area contributed by atoms with E-state index in [9.17, 15) is 15.1 Å². The topological polar surface area (TPSA) is 64.0 Å². The van der Waals surface area contributed by atoms with Gasteiger partial charge in [-0.1, -0.05) is 33.8 Å². The van der Waals surface area contributed by atoms with Crippen LogP contribution in [0, 0.1) is 10.8 Å². The molecule has 1 aliphatic heterocycles. The maximum atomic E-state index is 13.3.